The zero-order valence-corrected chi connectivity index (χ0v) is 17.5. The van der Waals surface area contributed by atoms with E-state index < -0.39 is 15.4 Å². The predicted molar refractivity (Wildman–Crippen MR) is 86.2 cm³/mol. The fourth-order valence-corrected chi connectivity index (χ4v) is 3.45. The number of unbranched alkanes of at least 4 members (excludes halogenated alkanes) is 6. The van der Waals surface area contributed by atoms with Crippen LogP contribution in [0.4, 0.5) is 0 Å². The molecule has 0 aromatic heterocycles. The Morgan fingerprint density at radius 1 is 0.864 bits per heavy atom. The second kappa shape index (κ2) is 15.4. The minimum Gasteiger partial charge on any atom is -0.748 e. The van der Waals surface area contributed by atoms with Gasteiger partial charge in [0.05, 0.1) is 16.2 Å². The molecule has 0 aliphatic rings. The standard InChI is InChI=1S/C16H34O4S.Na/c1-3-5-6-7-8-9-13-16(21(18,19)20)14-11-10-12-15(17)4-2;/h15-17H,3-14H2,1-2H3,(H,18,19,20);/q;+1/p-1. The fourth-order valence-electron chi connectivity index (χ4n) is 2.54. The fraction of sp³-hybridized carbons (Fsp3) is 1.00. The van der Waals surface area contributed by atoms with Crippen LogP contribution in [0.15, 0.2) is 0 Å². The number of hydrogen-bond acceptors (Lipinski definition) is 4. The van der Waals surface area contributed by atoms with E-state index in [4.69, 9.17) is 0 Å². The van der Waals surface area contributed by atoms with Gasteiger partial charge in [-0.2, -0.15) is 0 Å². The third-order valence-electron chi connectivity index (χ3n) is 4.07. The van der Waals surface area contributed by atoms with Gasteiger partial charge in [-0.1, -0.05) is 65.2 Å². The molecule has 0 aromatic carbocycles. The Hall–Kier alpha value is 0.870. The van der Waals surface area contributed by atoms with Crippen LogP contribution in [0.5, 0.6) is 0 Å². The quantitative estimate of drug-likeness (QED) is 0.290. The summed E-state index contributed by atoms with van der Waals surface area (Å²) in [5, 5.41) is 8.71. The van der Waals surface area contributed by atoms with Gasteiger partial charge in [0.2, 0.25) is 0 Å². The molecule has 2 atom stereocenters. The van der Waals surface area contributed by atoms with E-state index in [0.717, 1.165) is 32.1 Å². The summed E-state index contributed by atoms with van der Waals surface area (Å²) >= 11 is 0. The summed E-state index contributed by atoms with van der Waals surface area (Å²) in [5.74, 6) is 0. The van der Waals surface area contributed by atoms with Crippen LogP contribution in [-0.2, 0) is 10.1 Å². The van der Waals surface area contributed by atoms with Crippen LogP contribution in [0, 0.1) is 0 Å². The maximum atomic E-state index is 11.3. The molecule has 0 aromatic rings. The largest absolute Gasteiger partial charge is 1.00 e. The van der Waals surface area contributed by atoms with Crippen LogP contribution in [-0.4, -0.2) is 29.4 Å². The third kappa shape index (κ3) is 14.5. The predicted octanol–water partition coefficient (Wildman–Crippen LogP) is 0.986. The molecule has 22 heavy (non-hydrogen) atoms. The molecule has 0 spiro atoms. The van der Waals surface area contributed by atoms with E-state index in [1.165, 1.54) is 19.3 Å². The van der Waals surface area contributed by atoms with E-state index in [1.54, 1.807) is 0 Å². The molecule has 1 N–H and O–H groups in total. The molecular weight excluding hydrogens is 311 g/mol. The molecule has 0 amide bonds. The van der Waals surface area contributed by atoms with Crippen LogP contribution < -0.4 is 29.6 Å². The van der Waals surface area contributed by atoms with Gasteiger partial charge in [0.1, 0.15) is 0 Å². The van der Waals surface area contributed by atoms with Gasteiger partial charge < -0.3 is 9.66 Å². The van der Waals surface area contributed by atoms with Gasteiger partial charge in [0, 0.05) is 5.25 Å². The SMILES string of the molecule is CCCCCCCCC(CCCCC(O)CC)S(=O)(=O)[O-].[Na+]. The van der Waals surface area contributed by atoms with Gasteiger partial charge in [-0.25, -0.2) is 8.42 Å². The molecule has 4 nitrogen and oxygen atoms in total. The number of rotatable bonds is 14. The van der Waals surface area contributed by atoms with Crippen LogP contribution in [0.2, 0.25) is 0 Å². The molecule has 0 aliphatic heterocycles. The van der Waals surface area contributed by atoms with Crippen molar-refractivity contribution in [1.29, 1.82) is 0 Å². The minimum atomic E-state index is -4.18. The van der Waals surface area contributed by atoms with Crippen molar-refractivity contribution in [2.75, 3.05) is 0 Å². The number of aliphatic hydroxyl groups excluding tert-OH is 1. The van der Waals surface area contributed by atoms with Crippen molar-refractivity contribution in [3.05, 3.63) is 0 Å². The van der Waals surface area contributed by atoms with Crippen molar-refractivity contribution in [3.63, 3.8) is 0 Å². The van der Waals surface area contributed by atoms with Crippen molar-refractivity contribution in [2.24, 2.45) is 0 Å². The molecule has 0 fully saturated rings. The Balaban J connectivity index is 0. The summed E-state index contributed by atoms with van der Waals surface area (Å²) < 4.78 is 33.8. The first kappa shape index (κ1) is 25.1. The van der Waals surface area contributed by atoms with Crippen LogP contribution >= 0.6 is 0 Å². The molecule has 0 radical (unpaired) electrons. The first-order valence-corrected chi connectivity index (χ1v) is 10.0. The van der Waals surface area contributed by atoms with E-state index in [9.17, 15) is 18.1 Å². The summed E-state index contributed by atoms with van der Waals surface area (Å²) in [5.41, 5.74) is 0. The maximum Gasteiger partial charge on any atom is 1.00 e. The van der Waals surface area contributed by atoms with Gasteiger partial charge in [0.15, 0.2) is 0 Å². The molecule has 0 rings (SSSR count). The zero-order valence-electron chi connectivity index (χ0n) is 14.7. The van der Waals surface area contributed by atoms with Gasteiger partial charge in [-0.3, -0.25) is 0 Å². The topological polar surface area (TPSA) is 77.4 Å². The van der Waals surface area contributed by atoms with Gasteiger partial charge in [0.25, 0.3) is 0 Å². The van der Waals surface area contributed by atoms with Crippen molar-refractivity contribution in [1.82, 2.24) is 0 Å². The minimum absolute atomic E-state index is 0. The summed E-state index contributed by atoms with van der Waals surface area (Å²) in [6.07, 6.45) is 10.1. The maximum absolute atomic E-state index is 11.3. The van der Waals surface area contributed by atoms with E-state index in [0.29, 0.717) is 25.7 Å². The van der Waals surface area contributed by atoms with E-state index in [2.05, 4.69) is 6.92 Å². The molecule has 128 valence electrons. The van der Waals surface area contributed by atoms with Crippen LogP contribution in [0.1, 0.15) is 90.9 Å². The first-order chi connectivity index (χ1) is 9.91. The summed E-state index contributed by atoms with van der Waals surface area (Å²) in [6.45, 7) is 4.09. The molecule has 0 saturated heterocycles. The van der Waals surface area contributed by atoms with E-state index in [1.807, 2.05) is 6.92 Å². The van der Waals surface area contributed by atoms with Gasteiger partial charge >= 0.3 is 29.6 Å². The van der Waals surface area contributed by atoms with E-state index >= 15 is 0 Å². The molecule has 0 bridgehead atoms. The Kier molecular flexibility index (Phi) is 17.6. The summed E-state index contributed by atoms with van der Waals surface area (Å²) in [6, 6.07) is 0. The second-order valence-corrected chi connectivity index (χ2v) is 7.67. The molecule has 0 heterocycles. The molecular formula is C16H33NaO4S. The van der Waals surface area contributed by atoms with Crippen molar-refractivity contribution >= 4 is 10.1 Å². The van der Waals surface area contributed by atoms with Crippen LogP contribution in [0.25, 0.3) is 0 Å². The molecule has 6 heteroatoms. The molecule has 0 aliphatic carbocycles. The van der Waals surface area contributed by atoms with Crippen molar-refractivity contribution in [2.45, 2.75) is 102 Å². The zero-order chi connectivity index (χ0) is 16.1. The van der Waals surface area contributed by atoms with Gasteiger partial charge in [-0.15, -0.1) is 0 Å². The number of aliphatic hydroxyl groups is 1. The first-order valence-electron chi connectivity index (χ1n) is 8.54. The van der Waals surface area contributed by atoms with Crippen molar-refractivity contribution in [3.8, 4) is 0 Å². The third-order valence-corrected chi connectivity index (χ3v) is 5.36. The average Bonchev–Trinajstić information content (AvgIpc) is 2.43. The summed E-state index contributed by atoms with van der Waals surface area (Å²) in [7, 11) is -4.18. The van der Waals surface area contributed by atoms with Crippen LogP contribution in [0.3, 0.4) is 0 Å². The van der Waals surface area contributed by atoms with Gasteiger partial charge in [-0.05, 0) is 25.7 Å². The van der Waals surface area contributed by atoms with E-state index in [-0.39, 0.29) is 35.7 Å². The number of hydrogen-bond donors (Lipinski definition) is 1. The Bertz CT molecular complexity index is 333. The average molecular weight is 344 g/mol. The smallest absolute Gasteiger partial charge is 0.748 e. The second-order valence-electron chi connectivity index (χ2n) is 6.02. The Labute approximate surface area is 159 Å². The Morgan fingerprint density at radius 3 is 1.82 bits per heavy atom. The summed E-state index contributed by atoms with van der Waals surface area (Å²) in [4.78, 5) is 0. The monoisotopic (exact) mass is 344 g/mol. The molecule has 2 unspecified atom stereocenters. The Morgan fingerprint density at radius 2 is 1.32 bits per heavy atom. The normalized spacial score (nSPS) is 14.4. The molecule has 0 saturated carbocycles. The van der Waals surface area contributed by atoms with Crippen molar-refractivity contribution < 1.29 is 47.6 Å².